The highest BCUT2D eigenvalue weighted by Crippen LogP contribution is 1.97. The molecule has 50 valence electrons. The van der Waals surface area contributed by atoms with Crippen LogP contribution in [0.15, 0.2) is 0 Å². The van der Waals surface area contributed by atoms with Crippen molar-refractivity contribution in [1.29, 1.82) is 0 Å². The first kappa shape index (κ1) is 8.35. The van der Waals surface area contributed by atoms with E-state index in [2.05, 4.69) is 0 Å². The lowest BCUT2D eigenvalue weighted by Gasteiger charge is -1.92. The molecule has 0 fully saturated rings. The maximum atomic E-state index is 8.45. The number of hydrogen-bond acceptors (Lipinski definition) is 2. The lowest BCUT2D eigenvalue weighted by molar-refractivity contribution is 0.585. The summed E-state index contributed by atoms with van der Waals surface area (Å²) in [7, 11) is -1.36. The lowest BCUT2D eigenvalue weighted by Crippen LogP contribution is -1.89. The van der Waals surface area contributed by atoms with Gasteiger partial charge in [-0.3, -0.25) is 0 Å². The van der Waals surface area contributed by atoms with Gasteiger partial charge in [-0.25, -0.2) is 0 Å². The van der Waals surface area contributed by atoms with Gasteiger partial charge >= 0.3 is 0 Å². The highest BCUT2D eigenvalue weighted by Gasteiger charge is 1.86. The second-order valence-corrected chi connectivity index (χ2v) is 4.17. The van der Waals surface area contributed by atoms with Gasteiger partial charge in [0, 0.05) is 0 Å². The van der Waals surface area contributed by atoms with Gasteiger partial charge in [-0.1, -0.05) is 12.8 Å². The second-order valence-electron chi connectivity index (χ2n) is 1.86. The summed E-state index contributed by atoms with van der Waals surface area (Å²) in [5, 5.41) is 0. The molecule has 0 spiro atoms. The third kappa shape index (κ3) is 6.35. The van der Waals surface area contributed by atoms with Gasteiger partial charge in [0.15, 0.2) is 19.5 Å². The zero-order chi connectivity index (χ0) is 6.24. The summed E-state index contributed by atoms with van der Waals surface area (Å²) in [6.45, 7) is 0. The van der Waals surface area contributed by atoms with E-state index in [1.807, 2.05) is 0 Å². The molecular formula is C4H14O2Si2. The van der Waals surface area contributed by atoms with Crippen molar-refractivity contribution in [2.24, 2.45) is 0 Å². The van der Waals surface area contributed by atoms with E-state index in [1.165, 1.54) is 0 Å². The minimum absolute atomic E-state index is 0.680. The molecule has 0 bridgehead atoms. The van der Waals surface area contributed by atoms with E-state index in [9.17, 15) is 0 Å². The van der Waals surface area contributed by atoms with Gasteiger partial charge in [0.05, 0.1) is 0 Å². The van der Waals surface area contributed by atoms with Crippen molar-refractivity contribution in [3.8, 4) is 0 Å². The third-order valence-electron chi connectivity index (χ3n) is 1.07. The van der Waals surface area contributed by atoms with Crippen LogP contribution >= 0.6 is 0 Å². The summed E-state index contributed by atoms with van der Waals surface area (Å²) in [5.41, 5.74) is 0. The van der Waals surface area contributed by atoms with Crippen molar-refractivity contribution >= 4 is 19.5 Å². The van der Waals surface area contributed by atoms with Crippen LogP contribution in [-0.2, 0) is 0 Å². The Morgan fingerprint density at radius 3 is 1.50 bits per heavy atom. The van der Waals surface area contributed by atoms with Crippen LogP contribution in [0.5, 0.6) is 0 Å². The van der Waals surface area contributed by atoms with Gasteiger partial charge in [-0.2, -0.15) is 0 Å². The molecular weight excluding hydrogens is 136 g/mol. The molecule has 0 aliphatic heterocycles. The molecule has 0 aromatic carbocycles. The zero-order valence-corrected chi connectivity index (χ0v) is 7.97. The molecule has 0 atom stereocenters. The van der Waals surface area contributed by atoms with E-state index >= 15 is 0 Å². The summed E-state index contributed by atoms with van der Waals surface area (Å²) in [4.78, 5) is 16.9. The van der Waals surface area contributed by atoms with E-state index in [0.29, 0.717) is 0 Å². The average molecular weight is 150 g/mol. The first-order chi connectivity index (χ1) is 3.91. The molecule has 8 heavy (non-hydrogen) atoms. The Bertz CT molecular complexity index is 37.0. The third-order valence-corrected chi connectivity index (χ3v) is 2.70. The lowest BCUT2D eigenvalue weighted by atomic mass is 10.4. The normalized spacial score (nSPS) is 12.8. The Morgan fingerprint density at radius 2 is 1.25 bits per heavy atom. The van der Waals surface area contributed by atoms with Crippen LogP contribution < -0.4 is 0 Å². The molecule has 0 amide bonds. The standard InChI is InChI=1S/C4H14O2Si2/c5-7-3-1-2-4-8-6/h5-6H,1-4,7-8H2. The van der Waals surface area contributed by atoms with Crippen LogP contribution in [-0.4, -0.2) is 29.1 Å². The van der Waals surface area contributed by atoms with Gasteiger partial charge in [0.2, 0.25) is 0 Å². The smallest absolute Gasteiger partial charge is 0.156 e. The highest BCUT2D eigenvalue weighted by atomic mass is 28.2. The summed E-state index contributed by atoms with van der Waals surface area (Å²) in [5.74, 6) is 0. The topological polar surface area (TPSA) is 40.5 Å². The Kier molecular flexibility index (Phi) is 7.68. The quantitative estimate of drug-likeness (QED) is 0.380. The zero-order valence-electron chi connectivity index (χ0n) is 5.14. The Morgan fingerprint density at radius 1 is 0.875 bits per heavy atom. The monoisotopic (exact) mass is 150 g/mol. The molecule has 0 aromatic heterocycles. The number of hydrogen-bond donors (Lipinski definition) is 2. The number of unbranched alkanes of at least 4 members (excludes halogenated alkanes) is 1. The van der Waals surface area contributed by atoms with Crippen molar-refractivity contribution in [2.45, 2.75) is 24.9 Å². The first-order valence-corrected chi connectivity index (χ1v) is 6.40. The molecule has 0 aliphatic rings. The van der Waals surface area contributed by atoms with E-state index in [4.69, 9.17) is 9.59 Å². The molecule has 2 N–H and O–H groups in total. The maximum absolute atomic E-state index is 8.45. The van der Waals surface area contributed by atoms with Gasteiger partial charge in [-0.15, -0.1) is 0 Å². The molecule has 0 aliphatic carbocycles. The Balaban J connectivity index is 2.53. The molecule has 2 nitrogen and oxygen atoms in total. The summed E-state index contributed by atoms with van der Waals surface area (Å²) in [6, 6.07) is 2.07. The molecule has 0 saturated carbocycles. The van der Waals surface area contributed by atoms with Crippen LogP contribution in [0, 0.1) is 0 Å². The highest BCUT2D eigenvalue weighted by molar-refractivity contribution is 6.25. The van der Waals surface area contributed by atoms with E-state index in [1.54, 1.807) is 0 Å². The minimum Gasteiger partial charge on any atom is -0.438 e. The largest absolute Gasteiger partial charge is 0.438 e. The van der Waals surface area contributed by atoms with E-state index < -0.39 is 19.5 Å². The Hall–Kier alpha value is 0.354. The van der Waals surface area contributed by atoms with Crippen LogP contribution in [0.3, 0.4) is 0 Å². The second kappa shape index (κ2) is 7.35. The van der Waals surface area contributed by atoms with Crippen LogP contribution in [0.4, 0.5) is 0 Å². The maximum Gasteiger partial charge on any atom is 0.156 e. The van der Waals surface area contributed by atoms with Gasteiger partial charge in [-0.05, 0) is 12.1 Å². The molecule has 0 radical (unpaired) electrons. The molecule has 0 saturated heterocycles. The van der Waals surface area contributed by atoms with Crippen LogP contribution in [0.25, 0.3) is 0 Å². The van der Waals surface area contributed by atoms with Crippen molar-refractivity contribution in [3.05, 3.63) is 0 Å². The molecule has 0 rings (SSSR count). The SMILES string of the molecule is O[SiH2]CCCC[SiH2]O. The summed E-state index contributed by atoms with van der Waals surface area (Å²) >= 11 is 0. The Labute approximate surface area is 54.8 Å². The summed E-state index contributed by atoms with van der Waals surface area (Å²) in [6.07, 6.45) is 2.27. The minimum atomic E-state index is -0.680. The van der Waals surface area contributed by atoms with Crippen molar-refractivity contribution in [2.75, 3.05) is 0 Å². The predicted octanol–water partition coefficient (Wildman–Crippen LogP) is -1.24. The van der Waals surface area contributed by atoms with Crippen molar-refractivity contribution < 1.29 is 9.59 Å². The molecule has 0 aromatic rings. The molecule has 0 unspecified atom stereocenters. The fraction of sp³-hybridized carbons (Fsp3) is 1.00. The van der Waals surface area contributed by atoms with Crippen molar-refractivity contribution in [1.82, 2.24) is 0 Å². The average Bonchev–Trinajstić information content (AvgIpc) is 1.81. The fourth-order valence-corrected chi connectivity index (χ4v) is 1.73. The van der Waals surface area contributed by atoms with Crippen LogP contribution in [0.1, 0.15) is 12.8 Å². The molecule has 4 heteroatoms. The first-order valence-electron chi connectivity index (χ1n) is 3.13. The van der Waals surface area contributed by atoms with Gasteiger partial charge in [0.1, 0.15) is 0 Å². The molecule has 0 heterocycles. The predicted molar refractivity (Wildman–Crippen MR) is 40.4 cm³/mol. The number of rotatable bonds is 5. The van der Waals surface area contributed by atoms with Gasteiger partial charge in [0.25, 0.3) is 0 Å². The van der Waals surface area contributed by atoms with E-state index in [-0.39, 0.29) is 0 Å². The fourth-order valence-electron chi connectivity index (χ4n) is 0.577. The van der Waals surface area contributed by atoms with Crippen molar-refractivity contribution in [3.63, 3.8) is 0 Å². The van der Waals surface area contributed by atoms with Gasteiger partial charge < -0.3 is 9.59 Å². The van der Waals surface area contributed by atoms with Crippen LogP contribution in [0.2, 0.25) is 12.1 Å². The summed E-state index contributed by atoms with van der Waals surface area (Å²) < 4.78 is 0. The van der Waals surface area contributed by atoms with E-state index in [0.717, 1.165) is 24.9 Å².